The van der Waals surface area contributed by atoms with E-state index in [9.17, 15) is 0 Å². The molecule has 4 nitrogen and oxygen atoms in total. The van der Waals surface area contributed by atoms with E-state index < -0.39 is 0 Å². The topological polar surface area (TPSA) is 24.9 Å². The Morgan fingerprint density at radius 2 is 1.21 bits per heavy atom. The van der Waals surface area contributed by atoms with Crippen LogP contribution in [0.2, 0.25) is 0 Å². The first-order chi connectivity index (χ1) is 6.61. The van der Waals surface area contributed by atoms with Crippen LogP contribution in [0.5, 0.6) is 0 Å². The first kappa shape index (κ1) is 11.9. The molecule has 0 N–H and O–H groups in total. The second-order valence-electron chi connectivity index (χ2n) is 4.03. The first-order valence-electron chi connectivity index (χ1n) is 5.32. The molecule has 0 aromatic carbocycles. The minimum Gasteiger partial charge on any atom is -0.299 e. The van der Waals surface area contributed by atoms with Crippen LogP contribution in [-0.4, -0.2) is 49.5 Å². The zero-order valence-electron chi connectivity index (χ0n) is 9.69. The van der Waals surface area contributed by atoms with Gasteiger partial charge in [0.25, 0.3) is 0 Å². The van der Waals surface area contributed by atoms with Crippen LogP contribution >= 0.6 is 0 Å². The van der Waals surface area contributed by atoms with Gasteiger partial charge in [-0.15, -0.1) is 0 Å². The lowest BCUT2D eigenvalue weighted by molar-refractivity contribution is -0.106. The Kier molecular flexibility index (Phi) is 4.81. The highest BCUT2D eigenvalue weighted by atomic mass is 16.7. The summed E-state index contributed by atoms with van der Waals surface area (Å²) in [6.07, 6.45) is 2.35. The maximum absolute atomic E-state index is 5.10. The van der Waals surface area contributed by atoms with Gasteiger partial charge in [-0.3, -0.25) is 9.68 Å². The molecule has 2 saturated heterocycles. The largest absolute Gasteiger partial charge is 0.299 e. The first-order valence-corrected chi connectivity index (χ1v) is 5.32. The highest BCUT2D eigenvalue weighted by molar-refractivity contribution is 4.60. The third kappa shape index (κ3) is 3.53. The molecule has 2 aliphatic rings. The predicted molar refractivity (Wildman–Crippen MR) is 55.6 cm³/mol. The highest BCUT2D eigenvalue weighted by Crippen LogP contribution is 2.09. The summed E-state index contributed by atoms with van der Waals surface area (Å²) in [7, 11) is 3.94. The summed E-state index contributed by atoms with van der Waals surface area (Å²) in [6.45, 7) is 6.12. The molecule has 0 aliphatic carbocycles. The molecule has 0 aromatic rings. The zero-order chi connectivity index (χ0) is 10.6. The zero-order valence-corrected chi connectivity index (χ0v) is 9.69. The number of rotatable bonds is 0. The number of nitrogens with zero attached hydrogens (tertiary/aromatic N) is 2. The van der Waals surface area contributed by atoms with Gasteiger partial charge in [-0.1, -0.05) is 0 Å². The molecule has 0 amide bonds. The van der Waals surface area contributed by atoms with Crippen molar-refractivity contribution >= 4 is 0 Å². The van der Waals surface area contributed by atoms with E-state index in [0.29, 0.717) is 12.1 Å². The smallest absolute Gasteiger partial charge is 0.0700 e. The Bertz CT molecular complexity index is 132. The van der Waals surface area contributed by atoms with Crippen molar-refractivity contribution < 1.29 is 9.68 Å². The minimum atomic E-state index is 0.625. The molecule has 84 valence electrons. The summed E-state index contributed by atoms with van der Waals surface area (Å²) in [4.78, 5) is 10.2. The van der Waals surface area contributed by atoms with Crippen molar-refractivity contribution in [2.24, 2.45) is 0 Å². The van der Waals surface area contributed by atoms with Crippen LogP contribution in [0.1, 0.15) is 26.7 Å². The van der Waals surface area contributed by atoms with Gasteiger partial charge in [0, 0.05) is 26.2 Å². The molecule has 14 heavy (non-hydrogen) atoms. The van der Waals surface area contributed by atoms with Crippen molar-refractivity contribution in [2.45, 2.75) is 38.8 Å². The molecule has 2 aliphatic heterocycles. The molecule has 2 fully saturated rings. The van der Waals surface area contributed by atoms with Gasteiger partial charge in [0.2, 0.25) is 0 Å². The monoisotopic (exact) mass is 202 g/mol. The second kappa shape index (κ2) is 5.66. The van der Waals surface area contributed by atoms with Gasteiger partial charge in [0.15, 0.2) is 0 Å². The number of hydrogen-bond acceptors (Lipinski definition) is 4. The van der Waals surface area contributed by atoms with Crippen LogP contribution in [0.15, 0.2) is 0 Å². The number of hydroxylamine groups is 4. The van der Waals surface area contributed by atoms with Crippen molar-refractivity contribution in [3.63, 3.8) is 0 Å². The quantitative estimate of drug-likeness (QED) is 0.591. The van der Waals surface area contributed by atoms with Crippen LogP contribution in [0.4, 0.5) is 0 Å². The summed E-state index contributed by atoms with van der Waals surface area (Å²) in [6, 6.07) is 1.25. The molecular formula is C10H22N2O2. The van der Waals surface area contributed by atoms with Crippen LogP contribution in [0, 0.1) is 0 Å². The van der Waals surface area contributed by atoms with E-state index in [1.54, 1.807) is 0 Å². The second-order valence-corrected chi connectivity index (χ2v) is 4.03. The highest BCUT2D eigenvalue weighted by Gasteiger charge is 2.16. The Balaban J connectivity index is 0.000000140. The maximum Gasteiger partial charge on any atom is 0.0700 e. The molecule has 2 atom stereocenters. The van der Waals surface area contributed by atoms with Crippen molar-refractivity contribution in [1.82, 2.24) is 10.1 Å². The Morgan fingerprint density at radius 3 is 1.29 bits per heavy atom. The summed E-state index contributed by atoms with van der Waals surface area (Å²) >= 11 is 0. The lowest BCUT2D eigenvalue weighted by Gasteiger charge is -2.10. The van der Waals surface area contributed by atoms with Crippen LogP contribution in [-0.2, 0) is 9.68 Å². The summed E-state index contributed by atoms with van der Waals surface area (Å²) in [5.41, 5.74) is 0. The average molecular weight is 202 g/mol. The van der Waals surface area contributed by atoms with Crippen molar-refractivity contribution in [1.29, 1.82) is 0 Å². The van der Waals surface area contributed by atoms with Gasteiger partial charge in [-0.2, -0.15) is 10.1 Å². The fourth-order valence-electron chi connectivity index (χ4n) is 1.35. The van der Waals surface area contributed by atoms with Gasteiger partial charge in [0.05, 0.1) is 13.2 Å². The van der Waals surface area contributed by atoms with Crippen LogP contribution in [0.3, 0.4) is 0 Å². The van der Waals surface area contributed by atoms with E-state index >= 15 is 0 Å². The van der Waals surface area contributed by atoms with Crippen molar-refractivity contribution in [2.75, 3.05) is 27.3 Å². The lowest BCUT2D eigenvalue weighted by atomic mass is 10.3. The normalized spacial score (nSPS) is 34.3. The predicted octanol–water partition coefficient (Wildman–Crippen LogP) is 1.28. The molecule has 0 unspecified atom stereocenters. The van der Waals surface area contributed by atoms with Gasteiger partial charge >= 0.3 is 0 Å². The molecular weight excluding hydrogens is 180 g/mol. The van der Waals surface area contributed by atoms with E-state index in [2.05, 4.69) is 13.8 Å². The average Bonchev–Trinajstić information content (AvgIpc) is 2.67. The van der Waals surface area contributed by atoms with Crippen LogP contribution < -0.4 is 0 Å². The lowest BCUT2D eigenvalue weighted by Crippen LogP contribution is -2.19. The summed E-state index contributed by atoms with van der Waals surface area (Å²) in [5.74, 6) is 0. The molecule has 0 bridgehead atoms. The fourth-order valence-corrected chi connectivity index (χ4v) is 1.35. The van der Waals surface area contributed by atoms with Gasteiger partial charge < -0.3 is 0 Å². The van der Waals surface area contributed by atoms with E-state index in [-0.39, 0.29) is 0 Å². The van der Waals surface area contributed by atoms with Gasteiger partial charge in [-0.05, 0) is 26.7 Å². The van der Waals surface area contributed by atoms with E-state index in [1.165, 1.54) is 12.8 Å². The van der Waals surface area contributed by atoms with Gasteiger partial charge in [0.1, 0.15) is 0 Å². The molecule has 2 heterocycles. The minimum absolute atomic E-state index is 0.625. The fraction of sp³-hybridized carbons (Fsp3) is 1.00. The van der Waals surface area contributed by atoms with E-state index in [4.69, 9.17) is 9.68 Å². The SMILES string of the molecule is C[C@H]1CCON1C.C[C@H]1CCON1C. The summed E-state index contributed by atoms with van der Waals surface area (Å²) < 4.78 is 0. The third-order valence-corrected chi connectivity index (χ3v) is 2.90. The summed E-state index contributed by atoms with van der Waals surface area (Å²) in [5, 5.41) is 3.81. The molecule has 2 rings (SSSR count). The Labute approximate surface area is 86.7 Å². The molecule has 0 radical (unpaired) electrons. The van der Waals surface area contributed by atoms with E-state index in [1.807, 2.05) is 24.2 Å². The van der Waals surface area contributed by atoms with Crippen LogP contribution in [0.25, 0.3) is 0 Å². The maximum atomic E-state index is 5.10. The Morgan fingerprint density at radius 1 is 0.857 bits per heavy atom. The standard InChI is InChI=1S/2C5H11NO/c2*1-5-3-4-7-6(5)2/h2*5H,3-4H2,1-2H3/t2*5-/m00/s1. The Hall–Kier alpha value is -0.160. The van der Waals surface area contributed by atoms with E-state index in [0.717, 1.165) is 13.2 Å². The molecule has 0 saturated carbocycles. The molecule has 0 spiro atoms. The van der Waals surface area contributed by atoms with Crippen molar-refractivity contribution in [3.8, 4) is 0 Å². The number of hydrogen-bond donors (Lipinski definition) is 0. The van der Waals surface area contributed by atoms with Crippen molar-refractivity contribution in [3.05, 3.63) is 0 Å². The molecule has 4 heteroatoms. The van der Waals surface area contributed by atoms with Gasteiger partial charge in [-0.25, -0.2) is 0 Å². The third-order valence-electron chi connectivity index (χ3n) is 2.90. The molecule has 0 aromatic heterocycles.